The van der Waals surface area contributed by atoms with E-state index in [0.717, 1.165) is 17.1 Å². The van der Waals surface area contributed by atoms with E-state index in [9.17, 15) is 4.79 Å². The number of benzene rings is 1. The Hall–Kier alpha value is -2.76. The van der Waals surface area contributed by atoms with Gasteiger partial charge in [0.05, 0.1) is 26.1 Å². The van der Waals surface area contributed by atoms with Gasteiger partial charge >= 0.3 is 6.03 Å². The monoisotopic (exact) mass is 301 g/mol. The molecule has 2 aromatic rings. The number of hydrogen-bond acceptors (Lipinski definition) is 4. The molecule has 1 heterocycles. The molecule has 22 heavy (non-hydrogen) atoms. The summed E-state index contributed by atoms with van der Waals surface area (Å²) in [5.74, 6) is 1.53. The highest BCUT2D eigenvalue weighted by atomic mass is 16.5. The molecule has 0 aliphatic rings. The summed E-state index contributed by atoms with van der Waals surface area (Å²) in [6.07, 6.45) is 3.88. The number of amides is 2. The van der Waals surface area contributed by atoms with E-state index in [0.29, 0.717) is 18.7 Å². The Labute approximate surface area is 129 Å². The summed E-state index contributed by atoms with van der Waals surface area (Å²) in [6, 6.07) is 8.86. The maximum Gasteiger partial charge on any atom is 0.319 e. The number of pyridine rings is 1. The number of hydrogen-bond donors (Lipinski definition) is 2. The molecule has 2 amide bonds. The van der Waals surface area contributed by atoms with Crippen molar-refractivity contribution in [3.63, 3.8) is 0 Å². The van der Waals surface area contributed by atoms with Crippen molar-refractivity contribution >= 4 is 11.7 Å². The first-order chi connectivity index (χ1) is 10.7. The molecule has 0 fully saturated rings. The summed E-state index contributed by atoms with van der Waals surface area (Å²) >= 11 is 0. The first-order valence-corrected chi connectivity index (χ1v) is 6.88. The van der Waals surface area contributed by atoms with Crippen molar-refractivity contribution < 1.29 is 14.3 Å². The molecule has 0 spiro atoms. The van der Waals surface area contributed by atoms with Crippen molar-refractivity contribution in [1.29, 1.82) is 0 Å². The second kappa shape index (κ2) is 7.87. The minimum absolute atomic E-state index is 0.269. The van der Waals surface area contributed by atoms with E-state index in [1.807, 2.05) is 18.2 Å². The number of aromatic nitrogens is 1. The lowest BCUT2D eigenvalue weighted by Gasteiger charge is -2.11. The molecule has 0 aliphatic heterocycles. The first kappa shape index (κ1) is 15.6. The SMILES string of the molecule is COc1ccc(OC)c(CCNC(=O)Nc2cccnc2)c1. The van der Waals surface area contributed by atoms with Crippen LogP contribution in [0.15, 0.2) is 42.7 Å². The molecule has 0 radical (unpaired) electrons. The van der Waals surface area contributed by atoms with Gasteiger partial charge in [-0.15, -0.1) is 0 Å². The lowest BCUT2D eigenvalue weighted by Crippen LogP contribution is -2.30. The van der Waals surface area contributed by atoms with Gasteiger partial charge in [-0.3, -0.25) is 4.98 Å². The molecule has 0 saturated carbocycles. The van der Waals surface area contributed by atoms with E-state index in [2.05, 4.69) is 15.6 Å². The Morgan fingerprint density at radius 2 is 2.09 bits per heavy atom. The summed E-state index contributed by atoms with van der Waals surface area (Å²) in [6.45, 7) is 0.482. The second-order valence-electron chi connectivity index (χ2n) is 4.55. The second-order valence-corrected chi connectivity index (χ2v) is 4.55. The highest BCUT2D eigenvalue weighted by Gasteiger charge is 2.06. The number of anilines is 1. The predicted molar refractivity (Wildman–Crippen MR) is 84.5 cm³/mol. The highest BCUT2D eigenvalue weighted by Crippen LogP contribution is 2.24. The van der Waals surface area contributed by atoms with Crippen LogP contribution in [0.25, 0.3) is 0 Å². The topological polar surface area (TPSA) is 72.5 Å². The largest absolute Gasteiger partial charge is 0.497 e. The minimum Gasteiger partial charge on any atom is -0.497 e. The Morgan fingerprint density at radius 3 is 2.77 bits per heavy atom. The van der Waals surface area contributed by atoms with Gasteiger partial charge in [-0.25, -0.2) is 4.79 Å². The van der Waals surface area contributed by atoms with Crippen molar-refractivity contribution in [2.24, 2.45) is 0 Å². The normalized spacial score (nSPS) is 9.91. The van der Waals surface area contributed by atoms with Crippen LogP contribution in [0, 0.1) is 0 Å². The van der Waals surface area contributed by atoms with Crippen molar-refractivity contribution in [2.45, 2.75) is 6.42 Å². The molecular weight excluding hydrogens is 282 g/mol. The third-order valence-electron chi connectivity index (χ3n) is 3.09. The molecule has 0 bridgehead atoms. The number of ether oxygens (including phenoxy) is 2. The van der Waals surface area contributed by atoms with Gasteiger partial charge in [-0.1, -0.05) is 0 Å². The molecule has 1 aromatic heterocycles. The van der Waals surface area contributed by atoms with E-state index in [-0.39, 0.29) is 6.03 Å². The molecule has 2 rings (SSSR count). The van der Waals surface area contributed by atoms with Gasteiger partial charge in [-0.05, 0) is 42.3 Å². The van der Waals surface area contributed by atoms with Crippen LogP contribution in [-0.4, -0.2) is 31.8 Å². The predicted octanol–water partition coefficient (Wildman–Crippen LogP) is 2.46. The summed E-state index contributed by atoms with van der Waals surface area (Å²) in [5, 5.41) is 5.51. The van der Waals surface area contributed by atoms with Crippen LogP contribution in [0.4, 0.5) is 10.5 Å². The van der Waals surface area contributed by atoms with Crippen LogP contribution in [0.5, 0.6) is 11.5 Å². The van der Waals surface area contributed by atoms with E-state index in [1.165, 1.54) is 0 Å². The van der Waals surface area contributed by atoms with E-state index in [4.69, 9.17) is 9.47 Å². The third kappa shape index (κ3) is 4.37. The number of rotatable bonds is 6. The fraction of sp³-hybridized carbons (Fsp3) is 0.250. The molecule has 6 nitrogen and oxygen atoms in total. The summed E-state index contributed by atoms with van der Waals surface area (Å²) in [7, 11) is 3.24. The van der Waals surface area contributed by atoms with Gasteiger partial charge in [0.25, 0.3) is 0 Å². The van der Waals surface area contributed by atoms with Crippen molar-refractivity contribution in [2.75, 3.05) is 26.1 Å². The van der Waals surface area contributed by atoms with E-state index < -0.39 is 0 Å². The summed E-state index contributed by atoms with van der Waals surface area (Å²) in [4.78, 5) is 15.7. The molecule has 1 aromatic carbocycles. The molecule has 0 atom stereocenters. The molecule has 0 unspecified atom stereocenters. The quantitative estimate of drug-likeness (QED) is 0.859. The Morgan fingerprint density at radius 1 is 1.23 bits per heavy atom. The zero-order valence-electron chi connectivity index (χ0n) is 12.6. The van der Waals surface area contributed by atoms with Gasteiger partial charge in [0.15, 0.2) is 0 Å². The maximum atomic E-state index is 11.8. The van der Waals surface area contributed by atoms with Gasteiger partial charge in [0.2, 0.25) is 0 Å². The first-order valence-electron chi connectivity index (χ1n) is 6.88. The molecule has 6 heteroatoms. The number of urea groups is 1. The zero-order valence-corrected chi connectivity index (χ0v) is 12.6. The van der Waals surface area contributed by atoms with Crippen LogP contribution in [-0.2, 0) is 6.42 Å². The fourth-order valence-electron chi connectivity index (χ4n) is 2.00. The van der Waals surface area contributed by atoms with Crippen LogP contribution < -0.4 is 20.1 Å². The summed E-state index contributed by atoms with van der Waals surface area (Å²) in [5.41, 5.74) is 1.63. The van der Waals surface area contributed by atoms with E-state index >= 15 is 0 Å². The van der Waals surface area contributed by atoms with Gasteiger partial charge < -0.3 is 20.1 Å². The summed E-state index contributed by atoms with van der Waals surface area (Å²) < 4.78 is 10.5. The molecular formula is C16H19N3O3. The highest BCUT2D eigenvalue weighted by molar-refractivity contribution is 5.88. The Kier molecular flexibility index (Phi) is 5.59. The number of nitrogens with zero attached hydrogens (tertiary/aromatic N) is 1. The Balaban J connectivity index is 1.86. The van der Waals surface area contributed by atoms with Crippen molar-refractivity contribution in [3.05, 3.63) is 48.3 Å². The Bertz CT molecular complexity index is 617. The standard InChI is InChI=1S/C16H19N3O3/c1-21-14-5-6-15(22-2)12(10-14)7-9-18-16(20)19-13-4-3-8-17-11-13/h3-6,8,10-11H,7,9H2,1-2H3,(H2,18,19,20). The van der Waals surface area contributed by atoms with Crippen LogP contribution in [0.1, 0.15) is 5.56 Å². The third-order valence-corrected chi connectivity index (χ3v) is 3.09. The fourth-order valence-corrected chi connectivity index (χ4v) is 2.00. The van der Waals surface area contributed by atoms with Gasteiger partial charge in [0, 0.05) is 12.7 Å². The molecule has 2 N–H and O–H groups in total. The average Bonchev–Trinajstić information content (AvgIpc) is 2.55. The molecule has 116 valence electrons. The van der Waals surface area contributed by atoms with Crippen molar-refractivity contribution in [3.8, 4) is 11.5 Å². The van der Waals surface area contributed by atoms with Crippen LogP contribution in [0.2, 0.25) is 0 Å². The van der Waals surface area contributed by atoms with Crippen LogP contribution >= 0.6 is 0 Å². The average molecular weight is 301 g/mol. The minimum atomic E-state index is -0.269. The number of carbonyl (C=O) groups excluding carboxylic acids is 1. The van der Waals surface area contributed by atoms with Gasteiger partial charge in [-0.2, -0.15) is 0 Å². The zero-order chi connectivity index (χ0) is 15.8. The smallest absolute Gasteiger partial charge is 0.319 e. The lowest BCUT2D eigenvalue weighted by atomic mass is 10.1. The van der Waals surface area contributed by atoms with Gasteiger partial charge in [0.1, 0.15) is 11.5 Å². The molecule has 0 saturated heterocycles. The number of carbonyl (C=O) groups is 1. The molecule has 0 aliphatic carbocycles. The number of methoxy groups -OCH3 is 2. The lowest BCUT2D eigenvalue weighted by molar-refractivity contribution is 0.252. The maximum absolute atomic E-state index is 11.8. The van der Waals surface area contributed by atoms with E-state index in [1.54, 1.807) is 38.7 Å². The van der Waals surface area contributed by atoms with Crippen molar-refractivity contribution in [1.82, 2.24) is 10.3 Å². The number of nitrogens with one attached hydrogen (secondary N) is 2. The van der Waals surface area contributed by atoms with Crippen LogP contribution in [0.3, 0.4) is 0 Å².